The second-order valence-electron chi connectivity index (χ2n) is 5.33. The third-order valence-electron chi connectivity index (χ3n) is 3.57. The first-order valence-electron chi connectivity index (χ1n) is 7.35. The van der Waals surface area contributed by atoms with E-state index in [2.05, 4.69) is 5.32 Å². The van der Waals surface area contributed by atoms with Gasteiger partial charge in [-0.2, -0.15) is 0 Å². The molecule has 0 unspecified atom stereocenters. The fourth-order valence-electron chi connectivity index (χ4n) is 2.30. The van der Waals surface area contributed by atoms with E-state index in [1.165, 1.54) is 6.07 Å². The Kier molecular flexibility index (Phi) is 4.16. The van der Waals surface area contributed by atoms with Crippen molar-refractivity contribution in [1.82, 2.24) is 0 Å². The number of amides is 1. The Morgan fingerprint density at radius 3 is 2.33 bits per heavy atom. The number of aryl methyl sites for hydroxylation is 1. The standard InChI is InChI=1S/C19H15NO4/c1-12-6-8-13(9-7-12)18(21)20-15-5-3-2-4-14(15)16-10-11-17(24-16)19(22)23/h2-11H,1H3,(H,20,21)(H,22,23). The van der Waals surface area contributed by atoms with Gasteiger partial charge in [-0.15, -0.1) is 0 Å². The van der Waals surface area contributed by atoms with E-state index in [0.29, 0.717) is 22.6 Å². The van der Waals surface area contributed by atoms with Gasteiger partial charge >= 0.3 is 5.97 Å². The van der Waals surface area contributed by atoms with Gasteiger partial charge in [0.25, 0.3) is 5.91 Å². The van der Waals surface area contributed by atoms with Crippen molar-refractivity contribution in [3.05, 3.63) is 77.6 Å². The monoisotopic (exact) mass is 321 g/mol. The second-order valence-corrected chi connectivity index (χ2v) is 5.33. The summed E-state index contributed by atoms with van der Waals surface area (Å²) < 4.78 is 5.32. The van der Waals surface area contributed by atoms with Gasteiger partial charge in [0.1, 0.15) is 5.76 Å². The Hall–Kier alpha value is -3.34. The molecule has 0 radical (unpaired) electrons. The van der Waals surface area contributed by atoms with Gasteiger partial charge in [-0.1, -0.05) is 29.8 Å². The largest absolute Gasteiger partial charge is 0.475 e. The van der Waals surface area contributed by atoms with Gasteiger partial charge < -0.3 is 14.8 Å². The van der Waals surface area contributed by atoms with Crippen molar-refractivity contribution in [3.8, 4) is 11.3 Å². The predicted molar refractivity (Wildman–Crippen MR) is 90.2 cm³/mol. The van der Waals surface area contributed by atoms with Crippen LogP contribution in [0.15, 0.2) is 65.1 Å². The molecule has 2 N–H and O–H groups in total. The number of para-hydroxylation sites is 1. The zero-order chi connectivity index (χ0) is 17.1. The molecule has 0 saturated carbocycles. The minimum atomic E-state index is -1.14. The summed E-state index contributed by atoms with van der Waals surface area (Å²) in [4.78, 5) is 23.3. The number of carboxylic acids is 1. The van der Waals surface area contributed by atoms with Crippen molar-refractivity contribution in [3.63, 3.8) is 0 Å². The topological polar surface area (TPSA) is 79.5 Å². The van der Waals surface area contributed by atoms with Gasteiger partial charge in [0.15, 0.2) is 0 Å². The maximum Gasteiger partial charge on any atom is 0.371 e. The van der Waals surface area contributed by atoms with E-state index in [-0.39, 0.29) is 11.7 Å². The number of nitrogens with one attached hydrogen (secondary N) is 1. The minimum absolute atomic E-state index is 0.148. The average Bonchev–Trinajstić information content (AvgIpc) is 3.06. The average molecular weight is 321 g/mol. The third-order valence-corrected chi connectivity index (χ3v) is 3.57. The fourth-order valence-corrected chi connectivity index (χ4v) is 2.30. The fraction of sp³-hybridized carbons (Fsp3) is 0.0526. The molecule has 5 nitrogen and oxygen atoms in total. The lowest BCUT2D eigenvalue weighted by Gasteiger charge is -2.09. The molecule has 3 rings (SSSR count). The maximum absolute atomic E-state index is 12.4. The van der Waals surface area contributed by atoms with Gasteiger partial charge in [-0.05, 0) is 43.3 Å². The lowest BCUT2D eigenvalue weighted by Crippen LogP contribution is -2.12. The summed E-state index contributed by atoms with van der Waals surface area (Å²) >= 11 is 0. The normalized spacial score (nSPS) is 10.4. The van der Waals surface area contributed by atoms with E-state index in [0.717, 1.165) is 5.56 Å². The van der Waals surface area contributed by atoms with E-state index in [1.807, 2.05) is 19.1 Å². The van der Waals surface area contributed by atoms with Crippen LogP contribution in [-0.4, -0.2) is 17.0 Å². The highest BCUT2D eigenvalue weighted by molar-refractivity contribution is 6.06. The summed E-state index contributed by atoms with van der Waals surface area (Å²) in [5.74, 6) is -1.15. The summed E-state index contributed by atoms with van der Waals surface area (Å²) in [6, 6.07) is 17.3. The number of benzene rings is 2. The number of hydrogen-bond donors (Lipinski definition) is 2. The maximum atomic E-state index is 12.4. The van der Waals surface area contributed by atoms with Crippen molar-refractivity contribution in [1.29, 1.82) is 0 Å². The molecule has 0 spiro atoms. The van der Waals surface area contributed by atoms with Crippen molar-refractivity contribution in [2.45, 2.75) is 6.92 Å². The Labute approximate surface area is 138 Å². The van der Waals surface area contributed by atoms with Crippen LogP contribution in [-0.2, 0) is 0 Å². The third kappa shape index (κ3) is 3.20. The van der Waals surface area contributed by atoms with Crippen molar-refractivity contribution in [2.24, 2.45) is 0 Å². The number of carboxylic acid groups (broad SMARTS) is 1. The first kappa shape index (κ1) is 15.6. The molecule has 1 aromatic heterocycles. The summed E-state index contributed by atoms with van der Waals surface area (Å²) in [6.45, 7) is 1.95. The molecular formula is C19H15NO4. The van der Waals surface area contributed by atoms with Crippen molar-refractivity contribution < 1.29 is 19.1 Å². The molecule has 0 saturated heterocycles. The lowest BCUT2D eigenvalue weighted by atomic mass is 10.1. The van der Waals surface area contributed by atoms with Gasteiger partial charge in [0.2, 0.25) is 5.76 Å². The van der Waals surface area contributed by atoms with Crippen LogP contribution in [0.2, 0.25) is 0 Å². The summed E-state index contributed by atoms with van der Waals surface area (Å²) in [6.07, 6.45) is 0. The van der Waals surface area contributed by atoms with E-state index >= 15 is 0 Å². The smallest absolute Gasteiger partial charge is 0.371 e. The van der Waals surface area contributed by atoms with Crippen LogP contribution >= 0.6 is 0 Å². The highest BCUT2D eigenvalue weighted by Gasteiger charge is 2.15. The van der Waals surface area contributed by atoms with Crippen LogP contribution in [0.4, 0.5) is 5.69 Å². The molecular weight excluding hydrogens is 306 g/mol. The Bertz CT molecular complexity index is 894. The molecule has 0 aliphatic rings. The van der Waals surface area contributed by atoms with Gasteiger partial charge in [-0.3, -0.25) is 4.79 Å². The summed E-state index contributed by atoms with van der Waals surface area (Å²) in [5, 5.41) is 11.8. The molecule has 0 bridgehead atoms. The molecule has 0 aliphatic heterocycles. The molecule has 5 heteroatoms. The zero-order valence-electron chi connectivity index (χ0n) is 12.9. The number of furan rings is 1. The van der Waals surface area contributed by atoms with Crippen molar-refractivity contribution >= 4 is 17.6 Å². The van der Waals surface area contributed by atoms with Crippen LogP contribution < -0.4 is 5.32 Å². The predicted octanol–water partition coefficient (Wildman–Crippen LogP) is 4.21. The molecule has 2 aromatic carbocycles. The van der Waals surface area contributed by atoms with Crippen LogP contribution in [0.1, 0.15) is 26.5 Å². The first-order chi connectivity index (χ1) is 11.5. The lowest BCUT2D eigenvalue weighted by molar-refractivity contribution is 0.0663. The van der Waals surface area contributed by atoms with Crippen LogP contribution in [0.25, 0.3) is 11.3 Å². The Morgan fingerprint density at radius 1 is 0.958 bits per heavy atom. The Morgan fingerprint density at radius 2 is 1.67 bits per heavy atom. The van der Waals surface area contributed by atoms with E-state index in [1.54, 1.807) is 42.5 Å². The number of carbonyl (C=O) groups excluding carboxylic acids is 1. The van der Waals surface area contributed by atoms with Crippen LogP contribution in [0, 0.1) is 6.92 Å². The summed E-state index contributed by atoms with van der Waals surface area (Å²) in [7, 11) is 0. The van der Waals surface area contributed by atoms with Crippen molar-refractivity contribution in [2.75, 3.05) is 5.32 Å². The number of hydrogen-bond acceptors (Lipinski definition) is 3. The number of rotatable bonds is 4. The molecule has 24 heavy (non-hydrogen) atoms. The Balaban J connectivity index is 1.90. The number of carbonyl (C=O) groups is 2. The van der Waals surface area contributed by atoms with Gasteiger partial charge in [0, 0.05) is 11.1 Å². The van der Waals surface area contributed by atoms with Gasteiger partial charge in [-0.25, -0.2) is 4.79 Å². The van der Waals surface area contributed by atoms with Crippen LogP contribution in [0.3, 0.4) is 0 Å². The van der Waals surface area contributed by atoms with E-state index < -0.39 is 5.97 Å². The molecule has 1 heterocycles. The number of aromatic carboxylic acids is 1. The minimum Gasteiger partial charge on any atom is -0.475 e. The molecule has 0 aliphatic carbocycles. The molecule has 0 fully saturated rings. The van der Waals surface area contributed by atoms with E-state index in [4.69, 9.17) is 9.52 Å². The highest BCUT2D eigenvalue weighted by Crippen LogP contribution is 2.29. The number of anilines is 1. The first-order valence-corrected chi connectivity index (χ1v) is 7.35. The SMILES string of the molecule is Cc1ccc(C(=O)Nc2ccccc2-c2ccc(C(=O)O)o2)cc1. The molecule has 0 atom stereocenters. The molecule has 1 amide bonds. The molecule has 3 aromatic rings. The highest BCUT2D eigenvalue weighted by atomic mass is 16.4. The van der Waals surface area contributed by atoms with Gasteiger partial charge in [0.05, 0.1) is 5.69 Å². The van der Waals surface area contributed by atoms with Crippen LogP contribution in [0.5, 0.6) is 0 Å². The second kappa shape index (κ2) is 6.42. The zero-order valence-corrected chi connectivity index (χ0v) is 12.9. The summed E-state index contributed by atoms with van der Waals surface area (Å²) in [5.41, 5.74) is 2.78. The van der Waals surface area contributed by atoms with E-state index in [9.17, 15) is 9.59 Å². The molecule has 120 valence electrons. The quantitative estimate of drug-likeness (QED) is 0.754.